The van der Waals surface area contributed by atoms with Gasteiger partial charge in [0.2, 0.25) is 0 Å². The lowest BCUT2D eigenvalue weighted by atomic mass is 9.90. The molecule has 0 saturated carbocycles. The minimum Gasteiger partial charge on any atom is -0.481 e. The fourth-order valence-corrected chi connectivity index (χ4v) is 2.18. The number of esters is 2. The third-order valence-electron chi connectivity index (χ3n) is 4.20. The van der Waals surface area contributed by atoms with Gasteiger partial charge in [0, 0.05) is 10.8 Å². The molecule has 2 rings (SSSR count). The van der Waals surface area contributed by atoms with Crippen molar-refractivity contribution in [2.24, 2.45) is 5.41 Å². The van der Waals surface area contributed by atoms with E-state index in [0.29, 0.717) is 28.7 Å². The highest BCUT2D eigenvalue weighted by Gasteiger charge is 2.28. The lowest BCUT2D eigenvalue weighted by molar-refractivity contribution is -0.150. The zero-order valence-corrected chi connectivity index (χ0v) is 15.5. The predicted molar refractivity (Wildman–Crippen MR) is 96.1 cm³/mol. The number of ether oxygens (including phenoxy) is 3. The molecule has 0 fully saturated rings. The number of rotatable bonds is 8. The first-order valence-corrected chi connectivity index (χ1v) is 8.55. The SMILES string of the molecule is CCC(C)(C)C(=O)Oc1cccc2c(OCC(=O)OCC(F)F)cccc12. The minimum atomic E-state index is -2.73. The first-order chi connectivity index (χ1) is 12.7. The van der Waals surface area contributed by atoms with E-state index in [1.54, 1.807) is 50.2 Å². The molecule has 0 heterocycles. The van der Waals surface area contributed by atoms with E-state index in [4.69, 9.17) is 9.47 Å². The lowest BCUT2D eigenvalue weighted by Gasteiger charge is -2.21. The van der Waals surface area contributed by atoms with Crippen molar-refractivity contribution in [3.8, 4) is 11.5 Å². The average Bonchev–Trinajstić information content (AvgIpc) is 2.64. The maximum atomic E-state index is 12.4. The molecule has 0 unspecified atom stereocenters. The Morgan fingerprint density at radius 3 is 2.22 bits per heavy atom. The minimum absolute atomic E-state index is 0.348. The summed E-state index contributed by atoms with van der Waals surface area (Å²) in [5.41, 5.74) is -0.620. The number of alkyl halides is 2. The van der Waals surface area contributed by atoms with Gasteiger partial charge in [-0.1, -0.05) is 31.2 Å². The van der Waals surface area contributed by atoms with Gasteiger partial charge in [-0.2, -0.15) is 0 Å². The van der Waals surface area contributed by atoms with Crippen molar-refractivity contribution in [2.75, 3.05) is 13.2 Å². The van der Waals surface area contributed by atoms with Crippen molar-refractivity contribution in [1.82, 2.24) is 0 Å². The predicted octanol–water partition coefficient (Wildman–Crippen LogP) is 4.37. The Hall–Kier alpha value is -2.70. The van der Waals surface area contributed by atoms with Crippen LogP contribution in [-0.4, -0.2) is 31.6 Å². The Morgan fingerprint density at radius 2 is 1.63 bits per heavy atom. The van der Waals surface area contributed by atoms with E-state index in [1.165, 1.54) is 0 Å². The molecular formula is C20H22F2O5. The molecule has 146 valence electrons. The Morgan fingerprint density at radius 1 is 1.04 bits per heavy atom. The van der Waals surface area contributed by atoms with E-state index in [2.05, 4.69) is 4.74 Å². The Kier molecular flexibility index (Phi) is 6.71. The van der Waals surface area contributed by atoms with Crippen LogP contribution in [0.1, 0.15) is 27.2 Å². The summed E-state index contributed by atoms with van der Waals surface area (Å²) in [6.07, 6.45) is -2.10. The summed E-state index contributed by atoms with van der Waals surface area (Å²) < 4.78 is 39.5. The van der Waals surface area contributed by atoms with Crippen molar-refractivity contribution in [1.29, 1.82) is 0 Å². The number of benzene rings is 2. The number of fused-ring (bicyclic) bond motifs is 1. The van der Waals surface area contributed by atoms with Gasteiger partial charge in [0.1, 0.15) is 11.5 Å². The first-order valence-electron chi connectivity index (χ1n) is 8.55. The number of carbonyl (C=O) groups is 2. The van der Waals surface area contributed by atoms with Gasteiger partial charge in [0.05, 0.1) is 5.41 Å². The standard InChI is InChI=1S/C20H22F2O5/c1-4-20(2,3)19(24)27-16-10-6-7-13-14(16)8-5-9-15(13)25-12-18(23)26-11-17(21)22/h5-10,17H,4,11-12H2,1-3H3. The van der Waals surface area contributed by atoms with Crippen LogP contribution in [0.3, 0.4) is 0 Å². The van der Waals surface area contributed by atoms with Crippen LogP contribution in [0.4, 0.5) is 8.78 Å². The van der Waals surface area contributed by atoms with E-state index in [1.807, 2.05) is 6.92 Å². The second-order valence-corrected chi connectivity index (χ2v) is 6.60. The number of hydrogen-bond acceptors (Lipinski definition) is 5. The fourth-order valence-electron chi connectivity index (χ4n) is 2.18. The van der Waals surface area contributed by atoms with Crippen LogP contribution >= 0.6 is 0 Å². The third-order valence-corrected chi connectivity index (χ3v) is 4.20. The van der Waals surface area contributed by atoms with Crippen LogP contribution in [0.5, 0.6) is 11.5 Å². The van der Waals surface area contributed by atoms with Crippen LogP contribution < -0.4 is 9.47 Å². The number of carbonyl (C=O) groups excluding carboxylic acids is 2. The van der Waals surface area contributed by atoms with E-state index >= 15 is 0 Å². The van der Waals surface area contributed by atoms with Gasteiger partial charge in [-0.15, -0.1) is 0 Å². The molecule has 7 heteroatoms. The molecule has 0 N–H and O–H groups in total. The molecule has 27 heavy (non-hydrogen) atoms. The summed E-state index contributed by atoms with van der Waals surface area (Å²) in [6, 6.07) is 10.2. The van der Waals surface area contributed by atoms with Gasteiger partial charge in [-0.05, 0) is 32.4 Å². The number of hydrogen-bond donors (Lipinski definition) is 0. The van der Waals surface area contributed by atoms with Crippen molar-refractivity contribution < 1.29 is 32.6 Å². The zero-order valence-electron chi connectivity index (χ0n) is 15.5. The number of halogens is 2. The van der Waals surface area contributed by atoms with Gasteiger partial charge in [0.15, 0.2) is 13.2 Å². The smallest absolute Gasteiger partial charge is 0.344 e. The average molecular weight is 380 g/mol. The van der Waals surface area contributed by atoms with E-state index < -0.39 is 31.0 Å². The summed E-state index contributed by atoms with van der Waals surface area (Å²) >= 11 is 0. The van der Waals surface area contributed by atoms with Gasteiger partial charge in [-0.3, -0.25) is 4.79 Å². The summed E-state index contributed by atoms with van der Waals surface area (Å²) in [5.74, 6) is -0.502. The quantitative estimate of drug-likeness (QED) is 0.503. The van der Waals surface area contributed by atoms with Crippen LogP contribution in [-0.2, 0) is 14.3 Å². The lowest BCUT2D eigenvalue weighted by Crippen LogP contribution is -2.28. The summed E-state index contributed by atoms with van der Waals surface area (Å²) in [5, 5.41) is 1.26. The molecule has 0 saturated heterocycles. The van der Waals surface area contributed by atoms with Crippen molar-refractivity contribution in [3.63, 3.8) is 0 Å². The molecule has 0 aliphatic heterocycles. The molecule has 0 atom stereocenters. The topological polar surface area (TPSA) is 61.8 Å². The van der Waals surface area contributed by atoms with Gasteiger partial charge >= 0.3 is 11.9 Å². The molecule has 0 spiro atoms. The normalized spacial score (nSPS) is 11.5. The Bertz CT molecular complexity index is 817. The zero-order chi connectivity index (χ0) is 20.0. The molecular weight excluding hydrogens is 358 g/mol. The van der Waals surface area contributed by atoms with Crippen molar-refractivity contribution in [2.45, 2.75) is 33.6 Å². The van der Waals surface area contributed by atoms with E-state index in [-0.39, 0.29) is 5.97 Å². The van der Waals surface area contributed by atoms with Crippen LogP contribution in [0.15, 0.2) is 36.4 Å². The first kappa shape index (κ1) is 20.6. The van der Waals surface area contributed by atoms with Gasteiger partial charge < -0.3 is 14.2 Å². The van der Waals surface area contributed by atoms with Crippen LogP contribution in [0.2, 0.25) is 0 Å². The van der Waals surface area contributed by atoms with E-state index in [0.717, 1.165) is 0 Å². The molecule has 0 aliphatic carbocycles. The molecule has 0 radical (unpaired) electrons. The van der Waals surface area contributed by atoms with Gasteiger partial charge in [0.25, 0.3) is 6.43 Å². The highest BCUT2D eigenvalue weighted by atomic mass is 19.3. The second kappa shape index (κ2) is 8.79. The summed E-state index contributed by atoms with van der Waals surface area (Å²) in [7, 11) is 0. The van der Waals surface area contributed by atoms with Crippen molar-refractivity contribution in [3.05, 3.63) is 36.4 Å². The van der Waals surface area contributed by atoms with Crippen molar-refractivity contribution >= 4 is 22.7 Å². The molecule has 5 nitrogen and oxygen atoms in total. The van der Waals surface area contributed by atoms with Crippen LogP contribution in [0, 0.1) is 5.41 Å². The molecule has 0 amide bonds. The Balaban J connectivity index is 2.19. The third kappa shape index (κ3) is 5.39. The molecule has 2 aromatic carbocycles. The Labute approximate surface area is 156 Å². The summed E-state index contributed by atoms with van der Waals surface area (Å²) in [6.45, 7) is 4.05. The highest BCUT2D eigenvalue weighted by molar-refractivity contribution is 5.95. The fraction of sp³-hybridized carbons (Fsp3) is 0.400. The van der Waals surface area contributed by atoms with Crippen LogP contribution in [0.25, 0.3) is 10.8 Å². The molecule has 2 aromatic rings. The summed E-state index contributed by atoms with van der Waals surface area (Å²) in [4.78, 5) is 23.8. The molecule has 0 aromatic heterocycles. The monoisotopic (exact) mass is 380 g/mol. The molecule has 0 aliphatic rings. The highest BCUT2D eigenvalue weighted by Crippen LogP contribution is 2.33. The maximum Gasteiger partial charge on any atom is 0.344 e. The largest absolute Gasteiger partial charge is 0.481 e. The second-order valence-electron chi connectivity index (χ2n) is 6.60. The molecule has 0 bridgehead atoms. The van der Waals surface area contributed by atoms with E-state index in [9.17, 15) is 18.4 Å². The maximum absolute atomic E-state index is 12.4. The van der Waals surface area contributed by atoms with Gasteiger partial charge in [-0.25, -0.2) is 13.6 Å².